The van der Waals surface area contributed by atoms with Crippen molar-refractivity contribution >= 4 is 27.5 Å². The fourth-order valence-corrected chi connectivity index (χ4v) is 1.77. The molecule has 0 fully saturated rings. The lowest BCUT2D eigenvalue weighted by molar-refractivity contribution is 0.169. The number of halogens is 2. The largest absolute Gasteiger partial charge is 0.388 e. The quantitative estimate of drug-likeness (QED) is 0.835. The number of terminal acetylenes is 1. The molecule has 1 rings (SSSR count). The molecule has 1 aromatic carbocycles. The molecule has 1 atom stereocenters. The highest BCUT2D eigenvalue weighted by Crippen LogP contribution is 2.28. The molecule has 0 saturated heterocycles. The van der Waals surface area contributed by atoms with E-state index >= 15 is 0 Å². The maximum Gasteiger partial charge on any atom is 0.0813 e. The highest BCUT2D eigenvalue weighted by Gasteiger charge is 2.10. The Balaban J connectivity index is 2.83. The van der Waals surface area contributed by atoms with Crippen molar-refractivity contribution in [2.75, 3.05) is 0 Å². The molecule has 1 nitrogen and oxygen atoms in total. The van der Waals surface area contributed by atoms with Crippen molar-refractivity contribution in [2.24, 2.45) is 0 Å². The van der Waals surface area contributed by atoms with Gasteiger partial charge in [0.15, 0.2) is 0 Å². The molecule has 0 aliphatic heterocycles. The lowest BCUT2D eigenvalue weighted by atomic mass is 10.1. The van der Waals surface area contributed by atoms with Gasteiger partial charge in [0.1, 0.15) is 0 Å². The van der Waals surface area contributed by atoms with Gasteiger partial charge in [-0.15, -0.1) is 12.3 Å². The summed E-state index contributed by atoms with van der Waals surface area (Å²) in [7, 11) is 0. The lowest BCUT2D eigenvalue weighted by Crippen LogP contribution is -1.97. The molecule has 0 amide bonds. The van der Waals surface area contributed by atoms with Gasteiger partial charge in [-0.2, -0.15) is 0 Å². The predicted octanol–water partition coefficient (Wildman–Crippen LogP) is 3.55. The lowest BCUT2D eigenvalue weighted by Gasteiger charge is -2.11. The maximum absolute atomic E-state index is 9.76. The van der Waals surface area contributed by atoms with Crippen LogP contribution in [0.3, 0.4) is 0 Å². The molecule has 0 aromatic heterocycles. The Morgan fingerprint density at radius 3 is 2.93 bits per heavy atom. The van der Waals surface area contributed by atoms with Crippen LogP contribution in [-0.2, 0) is 0 Å². The number of aliphatic hydroxyl groups is 1. The van der Waals surface area contributed by atoms with Crippen molar-refractivity contribution in [3.8, 4) is 12.3 Å². The van der Waals surface area contributed by atoms with Crippen LogP contribution in [-0.4, -0.2) is 5.11 Å². The van der Waals surface area contributed by atoms with Crippen molar-refractivity contribution in [3.05, 3.63) is 33.3 Å². The number of rotatable bonds is 3. The zero-order valence-electron chi connectivity index (χ0n) is 7.50. The molecule has 0 saturated carbocycles. The SMILES string of the molecule is C#CCCC(O)c1cc(Br)ccc1Cl. The third-order valence-corrected chi connectivity index (χ3v) is 2.72. The minimum absolute atomic E-state index is 0.534. The minimum atomic E-state index is -0.587. The zero-order valence-corrected chi connectivity index (χ0v) is 9.85. The molecular weight excluding hydrogens is 263 g/mol. The molecule has 0 aliphatic rings. The van der Waals surface area contributed by atoms with Gasteiger partial charge in [0.2, 0.25) is 0 Å². The fourth-order valence-electron chi connectivity index (χ4n) is 1.15. The Bertz CT molecular complexity index is 357. The molecule has 74 valence electrons. The molecule has 0 bridgehead atoms. The Labute approximate surface area is 97.2 Å². The number of hydrogen-bond acceptors (Lipinski definition) is 1. The molecule has 1 aromatic rings. The summed E-state index contributed by atoms with van der Waals surface area (Å²) in [5, 5.41) is 10.3. The van der Waals surface area contributed by atoms with E-state index in [0.717, 1.165) is 10.0 Å². The predicted molar refractivity (Wildman–Crippen MR) is 62.2 cm³/mol. The van der Waals surface area contributed by atoms with Crippen LogP contribution in [0.1, 0.15) is 24.5 Å². The zero-order chi connectivity index (χ0) is 10.6. The first-order chi connectivity index (χ1) is 6.65. The second-order valence-corrected chi connectivity index (χ2v) is 4.25. The van der Waals surface area contributed by atoms with Crippen LogP contribution in [0.2, 0.25) is 5.02 Å². The van der Waals surface area contributed by atoms with Gasteiger partial charge in [-0.3, -0.25) is 0 Å². The third kappa shape index (κ3) is 3.02. The van der Waals surface area contributed by atoms with Crippen LogP contribution in [0, 0.1) is 12.3 Å². The maximum atomic E-state index is 9.76. The van der Waals surface area contributed by atoms with Crippen molar-refractivity contribution in [3.63, 3.8) is 0 Å². The first kappa shape index (κ1) is 11.6. The van der Waals surface area contributed by atoms with Gasteiger partial charge >= 0.3 is 0 Å². The molecule has 1 N–H and O–H groups in total. The summed E-state index contributed by atoms with van der Waals surface area (Å²) in [5.41, 5.74) is 0.719. The van der Waals surface area contributed by atoms with Crippen molar-refractivity contribution in [2.45, 2.75) is 18.9 Å². The standard InChI is InChI=1S/C11H10BrClO/c1-2-3-4-11(14)9-7-8(12)5-6-10(9)13/h1,5-7,11,14H,3-4H2. The van der Waals surface area contributed by atoms with Crippen LogP contribution in [0.4, 0.5) is 0 Å². The van der Waals surface area contributed by atoms with E-state index in [-0.39, 0.29) is 0 Å². The van der Waals surface area contributed by atoms with Crippen molar-refractivity contribution in [1.29, 1.82) is 0 Å². The van der Waals surface area contributed by atoms with E-state index in [2.05, 4.69) is 21.9 Å². The van der Waals surface area contributed by atoms with Crippen LogP contribution in [0.25, 0.3) is 0 Å². The second kappa shape index (κ2) is 5.41. The molecule has 1 unspecified atom stereocenters. The van der Waals surface area contributed by atoms with E-state index in [0.29, 0.717) is 17.9 Å². The van der Waals surface area contributed by atoms with Crippen LogP contribution >= 0.6 is 27.5 Å². The van der Waals surface area contributed by atoms with Gasteiger partial charge in [-0.1, -0.05) is 27.5 Å². The van der Waals surface area contributed by atoms with E-state index in [1.54, 1.807) is 6.07 Å². The number of aliphatic hydroxyl groups excluding tert-OH is 1. The first-order valence-corrected chi connectivity index (χ1v) is 5.38. The Kier molecular flexibility index (Phi) is 4.47. The molecule has 0 spiro atoms. The van der Waals surface area contributed by atoms with Gasteiger partial charge in [0.25, 0.3) is 0 Å². The average Bonchev–Trinajstić information content (AvgIpc) is 2.18. The van der Waals surface area contributed by atoms with Crippen molar-refractivity contribution < 1.29 is 5.11 Å². The highest BCUT2D eigenvalue weighted by molar-refractivity contribution is 9.10. The second-order valence-electron chi connectivity index (χ2n) is 2.92. The summed E-state index contributed by atoms with van der Waals surface area (Å²) in [4.78, 5) is 0. The summed E-state index contributed by atoms with van der Waals surface area (Å²) in [6.45, 7) is 0. The Hall–Kier alpha value is -0.490. The molecule has 0 aliphatic carbocycles. The summed E-state index contributed by atoms with van der Waals surface area (Å²) >= 11 is 9.26. The van der Waals surface area contributed by atoms with Gasteiger partial charge < -0.3 is 5.11 Å². The summed E-state index contributed by atoms with van der Waals surface area (Å²) in [6, 6.07) is 5.39. The number of hydrogen-bond donors (Lipinski definition) is 1. The Morgan fingerprint density at radius 1 is 1.57 bits per heavy atom. The third-order valence-electron chi connectivity index (χ3n) is 1.88. The van der Waals surface area contributed by atoms with E-state index in [1.807, 2.05) is 12.1 Å². The molecule has 14 heavy (non-hydrogen) atoms. The van der Waals surface area contributed by atoms with E-state index < -0.39 is 6.10 Å². The van der Waals surface area contributed by atoms with Crippen LogP contribution in [0.15, 0.2) is 22.7 Å². The van der Waals surface area contributed by atoms with Crippen LogP contribution < -0.4 is 0 Å². The van der Waals surface area contributed by atoms with E-state index in [1.165, 1.54) is 0 Å². The summed E-state index contributed by atoms with van der Waals surface area (Å²) in [5.74, 6) is 2.49. The summed E-state index contributed by atoms with van der Waals surface area (Å²) in [6.07, 6.45) is 5.61. The van der Waals surface area contributed by atoms with Gasteiger partial charge in [0, 0.05) is 21.5 Å². The molecule has 0 radical (unpaired) electrons. The smallest absolute Gasteiger partial charge is 0.0813 e. The van der Waals surface area contributed by atoms with Gasteiger partial charge in [-0.05, 0) is 24.6 Å². The first-order valence-electron chi connectivity index (χ1n) is 4.21. The van der Waals surface area contributed by atoms with Crippen LogP contribution in [0.5, 0.6) is 0 Å². The van der Waals surface area contributed by atoms with Gasteiger partial charge in [0.05, 0.1) is 6.10 Å². The molecular formula is C11H10BrClO. The topological polar surface area (TPSA) is 20.2 Å². The Morgan fingerprint density at radius 2 is 2.29 bits per heavy atom. The monoisotopic (exact) mass is 272 g/mol. The normalized spacial score (nSPS) is 12.1. The van der Waals surface area contributed by atoms with Gasteiger partial charge in [-0.25, -0.2) is 0 Å². The number of benzene rings is 1. The summed E-state index contributed by atoms with van der Waals surface area (Å²) < 4.78 is 0.900. The van der Waals surface area contributed by atoms with E-state index in [4.69, 9.17) is 18.0 Å². The molecule has 3 heteroatoms. The molecule has 0 heterocycles. The van der Waals surface area contributed by atoms with E-state index in [9.17, 15) is 5.11 Å². The highest BCUT2D eigenvalue weighted by atomic mass is 79.9. The average molecular weight is 274 g/mol. The minimum Gasteiger partial charge on any atom is -0.388 e. The van der Waals surface area contributed by atoms with Crippen molar-refractivity contribution in [1.82, 2.24) is 0 Å². The fraction of sp³-hybridized carbons (Fsp3) is 0.273.